The lowest BCUT2D eigenvalue weighted by molar-refractivity contribution is -0.128. The van der Waals surface area contributed by atoms with E-state index >= 15 is 0 Å². The van der Waals surface area contributed by atoms with Crippen LogP contribution in [-0.4, -0.2) is 47.4 Å². The maximum Gasteiger partial charge on any atom is 0.242 e. The van der Waals surface area contributed by atoms with Crippen LogP contribution in [0.3, 0.4) is 0 Å². The monoisotopic (exact) mass is 467 g/mol. The first-order valence-corrected chi connectivity index (χ1v) is 12.0. The van der Waals surface area contributed by atoms with Crippen molar-refractivity contribution in [1.82, 2.24) is 4.90 Å². The number of carbonyl (C=O) groups excluding carboxylic acids is 2. The molecule has 174 valence electrons. The summed E-state index contributed by atoms with van der Waals surface area (Å²) in [5.41, 5.74) is 2.60. The standard InChI is InChI=1S/C25H29N3O4S/c1-15(2)16-5-7-17(8-6-16)26-25-28(18-9-10-18)24(30)22(33-25)14-23(29)27-20-12-11-19(31-3)13-21(20)32-4/h5-8,11-13,15,18,22H,9-10,14H2,1-4H3,(H,27,29). The molecule has 0 aromatic heterocycles. The molecule has 2 amide bonds. The van der Waals surface area contributed by atoms with Gasteiger partial charge in [0.05, 0.1) is 25.6 Å². The number of methoxy groups -OCH3 is 2. The molecule has 33 heavy (non-hydrogen) atoms. The fourth-order valence-electron chi connectivity index (χ4n) is 3.68. The van der Waals surface area contributed by atoms with E-state index in [4.69, 9.17) is 14.5 Å². The summed E-state index contributed by atoms with van der Waals surface area (Å²) < 4.78 is 10.5. The van der Waals surface area contributed by atoms with Gasteiger partial charge in [-0.3, -0.25) is 14.5 Å². The largest absolute Gasteiger partial charge is 0.497 e. The molecule has 1 saturated heterocycles. The summed E-state index contributed by atoms with van der Waals surface area (Å²) in [5.74, 6) is 1.29. The molecule has 0 spiro atoms. The zero-order valence-electron chi connectivity index (χ0n) is 19.3. The van der Waals surface area contributed by atoms with E-state index in [2.05, 4.69) is 31.3 Å². The number of rotatable bonds is 8. The van der Waals surface area contributed by atoms with Gasteiger partial charge < -0.3 is 14.8 Å². The van der Waals surface area contributed by atoms with Gasteiger partial charge in [-0.15, -0.1) is 0 Å². The van der Waals surface area contributed by atoms with E-state index in [0.29, 0.717) is 28.3 Å². The van der Waals surface area contributed by atoms with Crippen molar-refractivity contribution >= 4 is 40.1 Å². The third-order valence-corrected chi connectivity index (χ3v) is 6.87. The normalized spacial score (nSPS) is 19.3. The summed E-state index contributed by atoms with van der Waals surface area (Å²) in [5, 5.41) is 3.04. The molecular weight excluding hydrogens is 438 g/mol. The molecule has 2 aromatic carbocycles. The predicted octanol–water partition coefficient (Wildman–Crippen LogP) is 4.95. The third kappa shape index (κ3) is 5.33. The van der Waals surface area contributed by atoms with Gasteiger partial charge in [0, 0.05) is 18.5 Å². The third-order valence-electron chi connectivity index (χ3n) is 5.72. The summed E-state index contributed by atoms with van der Waals surface area (Å²) in [6.45, 7) is 4.30. The highest BCUT2D eigenvalue weighted by molar-refractivity contribution is 8.15. The molecule has 0 bridgehead atoms. The average Bonchev–Trinajstić information content (AvgIpc) is 3.59. The van der Waals surface area contributed by atoms with Crippen LogP contribution in [0.2, 0.25) is 0 Å². The van der Waals surface area contributed by atoms with Crippen LogP contribution < -0.4 is 14.8 Å². The second kappa shape index (κ2) is 9.87. The van der Waals surface area contributed by atoms with Gasteiger partial charge in [-0.1, -0.05) is 37.7 Å². The maximum atomic E-state index is 13.1. The first-order chi connectivity index (χ1) is 15.9. The van der Waals surface area contributed by atoms with Crippen LogP contribution in [0.1, 0.15) is 44.6 Å². The van der Waals surface area contributed by atoms with Crippen LogP contribution >= 0.6 is 11.8 Å². The molecule has 1 unspecified atom stereocenters. The number of nitrogens with zero attached hydrogens (tertiary/aromatic N) is 2. The Morgan fingerprint density at radius 1 is 1.15 bits per heavy atom. The Balaban J connectivity index is 1.47. The number of amidine groups is 1. The van der Waals surface area contributed by atoms with E-state index in [0.717, 1.165) is 18.5 Å². The highest BCUT2D eigenvalue weighted by atomic mass is 32.2. The van der Waals surface area contributed by atoms with E-state index in [1.165, 1.54) is 24.4 Å². The van der Waals surface area contributed by atoms with Gasteiger partial charge in [-0.2, -0.15) is 0 Å². The van der Waals surface area contributed by atoms with Crippen molar-refractivity contribution in [2.75, 3.05) is 19.5 Å². The molecular formula is C25H29N3O4S. The molecule has 1 N–H and O–H groups in total. The summed E-state index contributed by atoms with van der Waals surface area (Å²) in [7, 11) is 3.10. The van der Waals surface area contributed by atoms with Crippen LogP contribution in [0, 0.1) is 0 Å². The summed E-state index contributed by atoms with van der Waals surface area (Å²) in [6, 6.07) is 13.5. The summed E-state index contributed by atoms with van der Waals surface area (Å²) in [6.07, 6.45) is 2.01. The van der Waals surface area contributed by atoms with Crippen LogP contribution in [0.5, 0.6) is 11.5 Å². The number of ether oxygens (including phenoxy) is 2. The van der Waals surface area contributed by atoms with Crippen molar-refractivity contribution in [3.63, 3.8) is 0 Å². The number of hydrogen-bond acceptors (Lipinski definition) is 6. The summed E-state index contributed by atoms with van der Waals surface area (Å²) in [4.78, 5) is 32.4. The second-order valence-electron chi connectivity index (χ2n) is 8.51. The van der Waals surface area contributed by atoms with Crippen LogP contribution in [0.4, 0.5) is 11.4 Å². The average molecular weight is 468 g/mol. The molecule has 7 nitrogen and oxygen atoms in total. The molecule has 2 aliphatic rings. The zero-order valence-corrected chi connectivity index (χ0v) is 20.1. The minimum Gasteiger partial charge on any atom is -0.497 e. The molecule has 1 heterocycles. The van der Waals surface area contributed by atoms with Crippen molar-refractivity contribution in [3.8, 4) is 11.5 Å². The van der Waals surface area contributed by atoms with Crippen molar-refractivity contribution in [3.05, 3.63) is 48.0 Å². The van der Waals surface area contributed by atoms with E-state index in [1.807, 2.05) is 12.1 Å². The Labute approximate surface area is 198 Å². The molecule has 2 aromatic rings. The Hall–Kier alpha value is -3.00. The van der Waals surface area contributed by atoms with Gasteiger partial charge in [-0.25, -0.2) is 4.99 Å². The van der Waals surface area contributed by atoms with Crippen LogP contribution in [0.15, 0.2) is 47.5 Å². The fraction of sp³-hybridized carbons (Fsp3) is 0.400. The van der Waals surface area contributed by atoms with Gasteiger partial charge in [0.2, 0.25) is 11.8 Å². The van der Waals surface area contributed by atoms with Gasteiger partial charge >= 0.3 is 0 Å². The quantitative estimate of drug-likeness (QED) is 0.594. The molecule has 4 rings (SSSR count). The number of thioether (sulfide) groups is 1. The van der Waals surface area contributed by atoms with Crippen molar-refractivity contribution in [1.29, 1.82) is 0 Å². The Morgan fingerprint density at radius 2 is 1.88 bits per heavy atom. The van der Waals surface area contributed by atoms with Gasteiger partial charge in [0.1, 0.15) is 16.7 Å². The molecule has 1 aliphatic heterocycles. The van der Waals surface area contributed by atoms with Gasteiger partial charge in [0.25, 0.3) is 0 Å². The van der Waals surface area contributed by atoms with Crippen molar-refractivity contribution in [2.24, 2.45) is 4.99 Å². The number of aliphatic imine (C=N–C) groups is 1. The Morgan fingerprint density at radius 3 is 2.48 bits per heavy atom. The van der Waals surface area contributed by atoms with Crippen molar-refractivity contribution < 1.29 is 19.1 Å². The number of nitrogens with one attached hydrogen (secondary N) is 1. The van der Waals surface area contributed by atoms with Crippen molar-refractivity contribution in [2.45, 2.75) is 50.3 Å². The Bertz CT molecular complexity index is 1060. The minimum absolute atomic E-state index is 0.0445. The number of benzene rings is 2. The lowest BCUT2D eigenvalue weighted by Gasteiger charge is -2.15. The number of anilines is 1. The lowest BCUT2D eigenvalue weighted by atomic mass is 10.0. The van der Waals surface area contributed by atoms with Crippen LogP contribution in [0.25, 0.3) is 0 Å². The second-order valence-corrected chi connectivity index (χ2v) is 9.67. The van der Waals surface area contributed by atoms with Gasteiger partial charge in [-0.05, 0) is 48.6 Å². The number of carbonyl (C=O) groups is 2. The smallest absolute Gasteiger partial charge is 0.242 e. The first kappa shape index (κ1) is 23.2. The molecule has 8 heteroatoms. The van der Waals surface area contributed by atoms with E-state index in [9.17, 15) is 9.59 Å². The Kier molecular flexibility index (Phi) is 6.93. The fourth-order valence-corrected chi connectivity index (χ4v) is 4.89. The molecule has 1 atom stereocenters. The van der Waals surface area contributed by atoms with Crippen LogP contribution in [-0.2, 0) is 9.59 Å². The lowest BCUT2D eigenvalue weighted by Crippen LogP contribution is -2.35. The number of hydrogen-bond donors (Lipinski definition) is 1. The molecule has 1 saturated carbocycles. The maximum absolute atomic E-state index is 13.1. The highest BCUT2D eigenvalue weighted by Crippen LogP contribution is 2.40. The predicted molar refractivity (Wildman–Crippen MR) is 132 cm³/mol. The summed E-state index contributed by atoms with van der Waals surface area (Å²) >= 11 is 1.37. The zero-order chi connectivity index (χ0) is 23.5. The van der Waals surface area contributed by atoms with Gasteiger partial charge in [0.15, 0.2) is 5.17 Å². The SMILES string of the molecule is COc1ccc(NC(=O)CC2SC(=Nc3ccc(C(C)C)cc3)N(C3CC3)C2=O)c(OC)c1. The first-order valence-electron chi connectivity index (χ1n) is 11.1. The topological polar surface area (TPSA) is 80.2 Å². The molecule has 0 radical (unpaired) electrons. The number of amides is 2. The van der Waals surface area contributed by atoms with E-state index < -0.39 is 5.25 Å². The van der Waals surface area contributed by atoms with E-state index in [-0.39, 0.29) is 24.3 Å². The van der Waals surface area contributed by atoms with E-state index in [1.54, 1.807) is 30.2 Å². The molecule has 1 aliphatic carbocycles. The minimum atomic E-state index is -0.497. The molecule has 2 fully saturated rings. The highest BCUT2D eigenvalue weighted by Gasteiger charge is 2.46.